The zero-order valence-corrected chi connectivity index (χ0v) is 10.5. The number of nitrogens with zero attached hydrogens (tertiary/aromatic N) is 1. The van der Waals surface area contributed by atoms with Gasteiger partial charge in [0.1, 0.15) is 0 Å². The Hall–Kier alpha value is -0.160. The Labute approximate surface area is 98.3 Å². The van der Waals surface area contributed by atoms with Crippen molar-refractivity contribution >= 4 is 0 Å². The molecular formula is C12H24N2O2. The van der Waals surface area contributed by atoms with E-state index in [-0.39, 0.29) is 5.60 Å². The molecule has 0 unspecified atom stereocenters. The molecule has 0 atom stereocenters. The van der Waals surface area contributed by atoms with Crippen LogP contribution in [0.1, 0.15) is 19.8 Å². The van der Waals surface area contributed by atoms with Gasteiger partial charge in [0.25, 0.3) is 0 Å². The highest BCUT2D eigenvalue weighted by molar-refractivity contribution is 4.90. The van der Waals surface area contributed by atoms with Crippen LogP contribution in [-0.4, -0.2) is 63.0 Å². The fourth-order valence-electron chi connectivity index (χ4n) is 2.11. The zero-order chi connectivity index (χ0) is 11.4. The first-order valence-corrected chi connectivity index (χ1v) is 6.31. The molecule has 2 aliphatic rings. The highest BCUT2D eigenvalue weighted by atomic mass is 16.5. The summed E-state index contributed by atoms with van der Waals surface area (Å²) in [5.74, 6) is 0. The van der Waals surface area contributed by atoms with Gasteiger partial charge in [-0.1, -0.05) is 0 Å². The van der Waals surface area contributed by atoms with Gasteiger partial charge in [-0.15, -0.1) is 0 Å². The van der Waals surface area contributed by atoms with E-state index in [0.717, 1.165) is 45.4 Å². The summed E-state index contributed by atoms with van der Waals surface area (Å²) in [6.45, 7) is 7.93. The van der Waals surface area contributed by atoms with E-state index in [1.165, 1.54) is 12.8 Å². The van der Waals surface area contributed by atoms with Crippen LogP contribution in [0.3, 0.4) is 0 Å². The third-order valence-corrected chi connectivity index (χ3v) is 3.47. The molecule has 1 saturated carbocycles. The maximum atomic E-state index is 5.91. The van der Waals surface area contributed by atoms with Gasteiger partial charge in [-0.2, -0.15) is 0 Å². The van der Waals surface area contributed by atoms with Crippen molar-refractivity contribution in [2.45, 2.75) is 31.4 Å². The fourth-order valence-corrected chi connectivity index (χ4v) is 2.11. The van der Waals surface area contributed by atoms with Crippen LogP contribution in [0, 0.1) is 0 Å². The van der Waals surface area contributed by atoms with E-state index in [1.807, 2.05) is 0 Å². The van der Waals surface area contributed by atoms with Gasteiger partial charge in [0.15, 0.2) is 0 Å². The molecule has 0 aromatic carbocycles. The Bertz CT molecular complexity index is 215. The van der Waals surface area contributed by atoms with Gasteiger partial charge < -0.3 is 14.8 Å². The Kier molecular flexibility index (Phi) is 4.19. The highest BCUT2D eigenvalue weighted by Gasteiger charge is 2.33. The lowest BCUT2D eigenvalue weighted by Gasteiger charge is -2.39. The molecule has 0 amide bonds. The Morgan fingerprint density at radius 1 is 1.25 bits per heavy atom. The first kappa shape index (κ1) is 12.3. The molecule has 4 nitrogen and oxygen atoms in total. The highest BCUT2D eigenvalue weighted by Crippen LogP contribution is 2.26. The predicted molar refractivity (Wildman–Crippen MR) is 63.7 cm³/mol. The molecular weight excluding hydrogens is 204 g/mol. The molecule has 1 heterocycles. The van der Waals surface area contributed by atoms with Crippen molar-refractivity contribution in [1.82, 2.24) is 10.2 Å². The number of rotatable bonds is 8. The van der Waals surface area contributed by atoms with Crippen LogP contribution in [0.15, 0.2) is 0 Å². The van der Waals surface area contributed by atoms with E-state index in [4.69, 9.17) is 9.47 Å². The summed E-state index contributed by atoms with van der Waals surface area (Å²) in [7, 11) is 1.77. The maximum Gasteiger partial charge on any atom is 0.0902 e. The Morgan fingerprint density at radius 2 is 1.94 bits per heavy atom. The molecule has 0 bridgehead atoms. The summed E-state index contributed by atoms with van der Waals surface area (Å²) in [6, 6.07) is 0.797. The van der Waals surface area contributed by atoms with Gasteiger partial charge in [-0.25, -0.2) is 0 Å². The molecule has 1 saturated heterocycles. The van der Waals surface area contributed by atoms with E-state index >= 15 is 0 Å². The van der Waals surface area contributed by atoms with Crippen LogP contribution in [0.2, 0.25) is 0 Å². The van der Waals surface area contributed by atoms with Crippen molar-refractivity contribution < 1.29 is 9.47 Å². The average Bonchev–Trinajstić information content (AvgIpc) is 3.04. The third kappa shape index (κ3) is 3.42. The first-order valence-electron chi connectivity index (χ1n) is 6.31. The molecule has 2 rings (SSSR count). The van der Waals surface area contributed by atoms with E-state index in [2.05, 4.69) is 17.1 Å². The standard InChI is InChI=1S/C12H24N2O2/c1-12(9-13-10-12)16-8-6-14(5-7-15-2)11-3-4-11/h11,13H,3-10H2,1-2H3. The summed E-state index contributed by atoms with van der Waals surface area (Å²) in [6.07, 6.45) is 2.70. The summed E-state index contributed by atoms with van der Waals surface area (Å²) >= 11 is 0. The second-order valence-corrected chi connectivity index (χ2v) is 5.16. The molecule has 94 valence electrons. The van der Waals surface area contributed by atoms with Crippen LogP contribution in [0.5, 0.6) is 0 Å². The topological polar surface area (TPSA) is 33.7 Å². The number of nitrogens with one attached hydrogen (secondary N) is 1. The lowest BCUT2D eigenvalue weighted by Crippen LogP contribution is -2.59. The second kappa shape index (κ2) is 5.45. The maximum absolute atomic E-state index is 5.91. The van der Waals surface area contributed by atoms with Crippen molar-refractivity contribution in [3.8, 4) is 0 Å². The largest absolute Gasteiger partial charge is 0.383 e. The fraction of sp³-hybridized carbons (Fsp3) is 1.00. The summed E-state index contributed by atoms with van der Waals surface area (Å²) in [5, 5.41) is 3.25. The zero-order valence-electron chi connectivity index (χ0n) is 10.5. The van der Waals surface area contributed by atoms with Crippen LogP contribution in [0.25, 0.3) is 0 Å². The van der Waals surface area contributed by atoms with Gasteiger partial charge in [0.05, 0.1) is 18.8 Å². The van der Waals surface area contributed by atoms with Crippen LogP contribution in [-0.2, 0) is 9.47 Å². The molecule has 1 aliphatic carbocycles. The number of ether oxygens (including phenoxy) is 2. The minimum atomic E-state index is 0.0937. The van der Waals surface area contributed by atoms with E-state index in [1.54, 1.807) is 7.11 Å². The lowest BCUT2D eigenvalue weighted by atomic mass is 10.0. The number of hydrogen-bond donors (Lipinski definition) is 1. The van der Waals surface area contributed by atoms with Crippen LogP contribution in [0.4, 0.5) is 0 Å². The van der Waals surface area contributed by atoms with Gasteiger partial charge >= 0.3 is 0 Å². The minimum absolute atomic E-state index is 0.0937. The lowest BCUT2D eigenvalue weighted by molar-refractivity contribution is -0.0733. The molecule has 2 fully saturated rings. The second-order valence-electron chi connectivity index (χ2n) is 5.16. The Balaban J connectivity index is 1.61. The average molecular weight is 228 g/mol. The summed E-state index contributed by atoms with van der Waals surface area (Å²) in [5.41, 5.74) is 0.0937. The summed E-state index contributed by atoms with van der Waals surface area (Å²) in [4.78, 5) is 2.50. The summed E-state index contributed by atoms with van der Waals surface area (Å²) < 4.78 is 11.0. The normalized spacial score (nSPS) is 23.4. The molecule has 16 heavy (non-hydrogen) atoms. The Morgan fingerprint density at radius 3 is 2.44 bits per heavy atom. The van der Waals surface area contributed by atoms with Gasteiger partial charge in [0.2, 0.25) is 0 Å². The van der Waals surface area contributed by atoms with E-state index in [0.29, 0.717) is 0 Å². The minimum Gasteiger partial charge on any atom is -0.383 e. The van der Waals surface area contributed by atoms with E-state index in [9.17, 15) is 0 Å². The number of hydrogen-bond acceptors (Lipinski definition) is 4. The molecule has 0 aromatic rings. The van der Waals surface area contributed by atoms with Crippen molar-refractivity contribution in [3.63, 3.8) is 0 Å². The molecule has 0 radical (unpaired) electrons. The quantitative estimate of drug-likeness (QED) is 0.655. The van der Waals surface area contributed by atoms with E-state index < -0.39 is 0 Å². The molecule has 4 heteroatoms. The molecule has 0 aromatic heterocycles. The van der Waals surface area contributed by atoms with Crippen molar-refractivity contribution in [2.24, 2.45) is 0 Å². The smallest absolute Gasteiger partial charge is 0.0902 e. The monoisotopic (exact) mass is 228 g/mol. The SMILES string of the molecule is COCCN(CCOC1(C)CNC1)C1CC1. The molecule has 1 aliphatic heterocycles. The first-order chi connectivity index (χ1) is 7.73. The predicted octanol–water partition coefficient (Wildman–Crippen LogP) is 0.476. The third-order valence-electron chi connectivity index (χ3n) is 3.47. The van der Waals surface area contributed by atoms with Gasteiger partial charge in [0, 0.05) is 39.3 Å². The number of methoxy groups -OCH3 is 1. The molecule has 0 spiro atoms. The molecule has 1 N–H and O–H groups in total. The van der Waals surface area contributed by atoms with Gasteiger partial charge in [-0.3, -0.25) is 4.90 Å². The van der Waals surface area contributed by atoms with Crippen molar-refractivity contribution in [2.75, 3.05) is 46.5 Å². The van der Waals surface area contributed by atoms with Gasteiger partial charge in [-0.05, 0) is 19.8 Å². The van der Waals surface area contributed by atoms with Crippen molar-refractivity contribution in [3.05, 3.63) is 0 Å². The van der Waals surface area contributed by atoms with Crippen molar-refractivity contribution in [1.29, 1.82) is 0 Å². The van der Waals surface area contributed by atoms with Crippen LogP contribution >= 0.6 is 0 Å². The van der Waals surface area contributed by atoms with Crippen LogP contribution < -0.4 is 5.32 Å².